The van der Waals surface area contributed by atoms with Gasteiger partial charge in [-0.15, -0.1) is 0 Å². The van der Waals surface area contributed by atoms with Crippen LogP contribution in [0.3, 0.4) is 0 Å². The lowest BCUT2D eigenvalue weighted by Gasteiger charge is -2.25. The highest BCUT2D eigenvalue weighted by Gasteiger charge is 2.30. The monoisotopic (exact) mass is 334 g/mol. The Hall–Kier alpha value is -2.01. The number of esters is 1. The first-order valence-corrected chi connectivity index (χ1v) is 6.86. The second kappa shape index (κ2) is 4.83. The molecule has 0 amide bonds. The Balaban J connectivity index is 2.15. The Kier molecular flexibility index (Phi) is 3.14. The fraction of sp³-hybridized carbons (Fsp3) is 0.133. The Morgan fingerprint density at radius 2 is 1.90 bits per heavy atom. The van der Waals surface area contributed by atoms with Gasteiger partial charge in [0.15, 0.2) is 0 Å². The van der Waals surface area contributed by atoms with Crippen molar-refractivity contribution < 1.29 is 19.7 Å². The molecule has 0 aromatic heterocycles. The average molecular weight is 335 g/mol. The van der Waals surface area contributed by atoms with Crippen molar-refractivity contribution in [3.05, 3.63) is 52.0 Å². The Labute approximate surface area is 123 Å². The minimum atomic E-state index is -0.382. The first kappa shape index (κ1) is 13.0. The fourth-order valence-electron chi connectivity index (χ4n) is 2.42. The number of aromatic hydroxyl groups is 2. The molecule has 0 bridgehead atoms. The third kappa shape index (κ3) is 2.25. The van der Waals surface area contributed by atoms with E-state index in [9.17, 15) is 15.0 Å². The SMILES string of the molecule is O=C1CC(c2cc(Br)ccc2O)c2ccc(O)cc2O1. The highest BCUT2D eigenvalue weighted by molar-refractivity contribution is 9.10. The molecule has 4 nitrogen and oxygen atoms in total. The number of hydrogen-bond donors (Lipinski definition) is 2. The maximum absolute atomic E-state index is 11.7. The molecule has 0 radical (unpaired) electrons. The molecule has 3 rings (SSSR count). The predicted molar refractivity (Wildman–Crippen MR) is 76.0 cm³/mol. The van der Waals surface area contributed by atoms with E-state index in [1.807, 2.05) is 0 Å². The van der Waals surface area contributed by atoms with Crippen molar-refractivity contribution in [1.82, 2.24) is 0 Å². The van der Waals surface area contributed by atoms with Crippen molar-refractivity contribution in [2.75, 3.05) is 0 Å². The van der Waals surface area contributed by atoms with Crippen molar-refractivity contribution in [3.8, 4) is 17.2 Å². The van der Waals surface area contributed by atoms with Crippen molar-refractivity contribution in [1.29, 1.82) is 0 Å². The Morgan fingerprint density at radius 3 is 2.70 bits per heavy atom. The molecule has 2 N–H and O–H groups in total. The predicted octanol–water partition coefficient (Wildman–Crippen LogP) is 3.30. The minimum absolute atomic E-state index is 0.0377. The lowest BCUT2D eigenvalue weighted by Crippen LogP contribution is -2.21. The van der Waals surface area contributed by atoms with Gasteiger partial charge in [-0.1, -0.05) is 22.0 Å². The molecule has 1 atom stereocenters. The van der Waals surface area contributed by atoms with Gasteiger partial charge in [0.2, 0.25) is 0 Å². The van der Waals surface area contributed by atoms with Gasteiger partial charge in [0, 0.05) is 27.6 Å². The number of fused-ring (bicyclic) bond motifs is 1. The average Bonchev–Trinajstić information content (AvgIpc) is 2.40. The largest absolute Gasteiger partial charge is 0.508 e. The van der Waals surface area contributed by atoms with Crippen LogP contribution in [0.25, 0.3) is 0 Å². The summed E-state index contributed by atoms with van der Waals surface area (Å²) in [6.07, 6.45) is 0.155. The van der Waals surface area contributed by atoms with Crippen LogP contribution in [0.5, 0.6) is 17.2 Å². The first-order valence-electron chi connectivity index (χ1n) is 6.06. The zero-order valence-electron chi connectivity index (χ0n) is 10.3. The molecule has 1 aliphatic heterocycles. The van der Waals surface area contributed by atoms with Crippen molar-refractivity contribution in [3.63, 3.8) is 0 Å². The van der Waals surface area contributed by atoms with E-state index < -0.39 is 0 Å². The van der Waals surface area contributed by atoms with E-state index in [2.05, 4.69) is 15.9 Å². The number of phenols is 2. The smallest absolute Gasteiger partial charge is 0.312 e. The summed E-state index contributed by atoms with van der Waals surface area (Å²) in [5, 5.41) is 19.5. The zero-order valence-corrected chi connectivity index (χ0v) is 11.9. The van der Waals surface area contributed by atoms with E-state index in [1.165, 1.54) is 6.07 Å². The van der Waals surface area contributed by atoms with Crippen LogP contribution in [0.2, 0.25) is 0 Å². The van der Waals surface area contributed by atoms with Crippen molar-refractivity contribution >= 4 is 21.9 Å². The normalized spacial score (nSPS) is 17.4. The number of ether oxygens (including phenoxy) is 1. The van der Waals surface area contributed by atoms with Gasteiger partial charge in [0.25, 0.3) is 0 Å². The maximum Gasteiger partial charge on any atom is 0.312 e. The van der Waals surface area contributed by atoms with Gasteiger partial charge in [-0.05, 0) is 24.3 Å². The van der Waals surface area contributed by atoms with Gasteiger partial charge in [-0.25, -0.2) is 0 Å². The van der Waals surface area contributed by atoms with Crippen LogP contribution < -0.4 is 4.74 Å². The second-order valence-electron chi connectivity index (χ2n) is 4.66. The summed E-state index contributed by atoms with van der Waals surface area (Å²) in [4.78, 5) is 11.7. The van der Waals surface area contributed by atoms with Crippen molar-refractivity contribution in [2.45, 2.75) is 12.3 Å². The molecule has 2 aromatic carbocycles. The molecule has 1 aliphatic rings. The summed E-state index contributed by atoms with van der Waals surface area (Å²) < 4.78 is 5.97. The highest BCUT2D eigenvalue weighted by atomic mass is 79.9. The summed E-state index contributed by atoms with van der Waals surface area (Å²) in [7, 11) is 0. The minimum Gasteiger partial charge on any atom is -0.508 e. The van der Waals surface area contributed by atoms with Crippen LogP contribution in [-0.2, 0) is 4.79 Å². The molecular weight excluding hydrogens is 324 g/mol. The first-order chi connectivity index (χ1) is 9.54. The number of rotatable bonds is 1. The number of benzene rings is 2. The Morgan fingerprint density at radius 1 is 1.10 bits per heavy atom. The molecule has 2 aromatic rings. The number of carbonyl (C=O) groups excluding carboxylic acids is 1. The maximum atomic E-state index is 11.7. The molecule has 1 heterocycles. The molecular formula is C15H11BrO4. The summed E-state index contributed by atoms with van der Waals surface area (Å²) in [6.45, 7) is 0. The molecule has 0 saturated heterocycles. The third-order valence-electron chi connectivity index (χ3n) is 3.33. The van der Waals surface area contributed by atoms with E-state index >= 15 is 0 Å². The van der Waals surface area contributed by atoms with E-state index in [0.29, 0.717) is 11.3 Å². The van der Waals surface area contributed by atoms with E-state index in [1.54, 1.807) is 30.3 Å². The van der Waals surface area contributed by atoms with E-state index in [-0.39, 0.29) is 29.8 Å². The highest BCUT2D eigenvalue weighted by Crippen LogP contribution is 2.43. The molecule has 5 heteroatoms. The van der Waals surface area contributed by atoms with Gasteiger partial charge in [0.1, 0.15) is 17.2 Å². The van der Waals surface area contributed by atoms with Crippen LogP contribution >= 0.6 is 15.9 Å². The summed E-state index contributed by atoms with van der Waals surface area (Å²) >= 11 is 3.36. The summed E-state index contributed by atoms with van der Waals surface area (Å²) in [5.74, 6) is -0.162. The zero-order chi connectivity index (χ0) is 14.3. The fourth-order valence-corrected chi connectivity index (χ4v) is 2.80. The van der Waals surface area contributed by atoms with Gasteiger partial charge < -0.3 is 14.9 Å². The molecule has 0 fully saturated rings. The van der Waals surface area contributed by atoms with E-state index in [0.717, 1.165) is 10.0 Å². The molecule has 0 spiro atoms. The van der Waals surface area contributed by atoms with Gasteiger partial charge in [-0.2, -0.15) is 0 Å². The second-order valence-corrected chi connectivity index (χ2v) is 5.57. The third-order valence-corrected chi connectivity index (χ3v) is 3.83. The van der Waals surface area contributed by atoms with Crippen LogP contribution in [0.4, 0.5) is 0 Å². The molecule has 1 unspecified atom stereocenters. The van der Waals surface area contributed by atoms with Crippen molar-refractivity contribution in [2.24, 2.45) is 0 Å². The standard InChI is InChI=1S/C15H11BrO4/c16-8-1-4-13(18)12(5-8)11-7-15(19)20-14-6-9(17)2-3-10(11)14/h1-6,11,17-18H,7H2. The number of carbonyl (C=O) groups is 1. The lowest BCUT2D eigenvalue weighted by molar-refractivity contribution is -0.135. The molecule has 20 heavy (non-hydrogen) atoms. The van der Waals surface area contributed by atoms with Crippen LogP contribution in [0.1, 0.15) is 23.5 Å². The number of halogens is 1. The van der Waals surface area contributed by atoms with Crippen LogP contribution in [0.15, 0.2) is 40.9 Å². The van der Waals surface area contributed by atoms with E-state index in [4.69, 9.17) is 4.74 Å². The number of phenolic OH excluding ortho intramolecular Hbond substituents is 2. The quantitative estimate of drug-likeness (QED) is 0.620. The van der Waals surface area contributed by atoms with Gasteiger partial charge >= 0.3 is 5.97 Å². The Bertz CT molecular complexity index is 696. The number of hydrogen-bond acceptors (Lipinski definition) is 4. The topological polar surface area (TPSA) is 66.8 Å². The summed E-state index contributed by atoms with van der Waals surface area (Å²) in [6, 6.07) is 9.77. The molecule has 0 aliphatic carbocycles. The molecule has 0 saturated carbocycles. The van der Waals surface area contributed by atoms with Gasteiger partial charge in [0.05, 0.1) is 6.42 Å². The van der Waals surface area contributed by atoms with Crippen LogP contribution in [0, 0.1) is 0 Å². The van der Waals surface area contributed by atoms with Gasteiger partial charge in [-0.3, -0.25) is 4.79 Å². The molecule has 102 valence electrons. The summed E-state index contributed by atoms with van der Waals surface area (Å²) in [5.41, 5.74) is 1.43. The lowest BCUT2D eigenvalue weighted by atomic mass is 9.86. The van der Waals surface area contributed by atoms with Crippen LogP contribution in [-0.4, -0.2) is 16.2 Å².